The summed E-state index contributed by atoms with van der Waals surface area (Å²) in [5.41, 5.74) is 0.829. The fourth-order valence-electron chi connectivity index (χ4n) is 2.22. The number of nitrogens with one attached hydrogen (secondary N) is 3. The minimum Gasteiger partial charge on any atom is -0.471 e. The molecule has 3 aromatic rings. The number of H-pyrrole nitrogens is 1. The molecule has 0 aromatic carbocycles. The van der Waals surface area contributed by atoms with Gasteiger partial charge >= 0.3 is 0 Å². The third kappa shape index (κ3) is 4.93. The Labute approximate surface area is 150 Å². The molecule has 0 aliphatic carbocycles. The van der Waals surface area contributed by atoms with Crippen LogP contribution in [0.3, 0.4) is 0 Å². The normalized spacial score (nSPS) is 12.0. The van der Waals surface area contributed by atoms with Gasteiger partial charge in [0.15, 0.2) is 5.76 Å². The second-order valence-corrected chi connectivity index (χ2v) is 5.68. The minimum atomic E-state index is -0.0919. The Hall–Kier alpha value is -3.14. The Kier molecular flexibility index (Phi) is 5.64. The van der Waals surface area contributed by atoms with Crippen molar-refractivity contribution < 1.29 is 14.0 Å². The highest BCUT2D eigenvalue weighted by atomic mass is 16.5. The van der Waals surface area contributed by atoms with Gasteiger partial charge in [-0.2, -0.15) is 4.98 Å². The largest absolute Gasteiger partial charge is 0.471 e. The zero-order valence-corrected chi connectivity index (χ0v) is 14.8. The molecule has 3 heterocycles. The quantitative estimate of drug-likeness (QED) is 0.528. The van der Waals surface area contributed by atoms with Crippen molar-refractivity contribution in [3.8, 4) is 5.88 Å². The first-order chi connectivity index (χ1) is 12.6. The molecule has 10 heteroatoms. The molecule has 1 unspecified atom stereocenters. The first-order valence-electron chi connectivity index (χ1n) is 8.09. The van der Waals surface area contributed by atoms with Gasteiger partial charge < -0.3 is 24.6 Å². The van der Waals surface area contributed by atoms with Crippen LogP contribution in [0.5, 0.6) is 5.88 Å². The van der Waals surface area contributed by atoms with E-state index in [1.54, 1.807) is 25.4 Å². The lowest BCUT2D eigenvalue weighted by Crippen LogP contribution is -2.18. The molecule has 0 amide bonds. The highest BCUT2D eigenvalue weighted by molar-refractivity contribution is 5.53. The van der Waals surface area contributed by atoms with Gasteiger partial charge in [0.2, 0.25) is 11.8 Å². The molecule has 0 aliphatic rings. The van der Waals surface area contributed by atoms with E-state index < -0.39 is 0 Å². The van der Waals surface area contributed by atoms with Gasteiger partial charge in [0.1, 0.15) is 17.7 Å². The number of ether oxygens (including phenoxy) is 2. The molecule has 10 nitrogen and oxygen atoms in total. The van der Waals surface area contributed by atoms with Crippen molar-refractivity contribution in [2.24, 2.45) is 0 Å². The third-order valence-electron chi connectivity index (χ3n) is 3.29. The van der Waals surface area contributed by atoms with Crippen molar-refractivity contribution in [2.75, 3.05) is 24.4 Å². The van der Waals surface area contributed by atoms with Gasteiger partial charge in [-0.05, 0) is 19.9 Å². The van der Waals surface area contributed by atoms with Crippen LogP contribution in [-0.4, -0.2) is 45.1 Å². The lowest BCUT2D eigenvalue weighted by atomic mass is 10.4. The molecule has 0 saturated carbocycles. The van der Waals surface area contributed by atoms with Crippen molar-refractivity contribution >= 4 is 17.6 Å². The maximum absolute atomic E-state index is 5.62. The molecule has 0 fully saturated rings. The second kappa shape index (κ2) is 8.30. The van der Waals surface area contributed by atoms with Gasteiger partial charge in [-0.1, -0.05) is 5.16 Å². The van der Waals surface area contributed by atoms with Gasteiger partial charge in [-0.15, -0.1) is 5.10 Å². The fraction of sp³-hybridized carbons (Fsp3) is 0.375. The van der Waals surface area contributed by atoms with Crippen molar-refractivity contribution in [3.05, 3.63) is 35.9 Å². The summed E-state index contributed by atoms with van der Waals surface area (Å²) in [6, 6.07) is 5.35. The van der Waals surface area contributed by atoms with Gasteiger partial charge in [-0.3, -0.25) is 5.10 Å². The molecule has 0 saturated heterocycles. The highest BCUT2D eigenvalue weighted by Gasteiger charge is 2.08. The molecular formula is C16H21N7O3. The van der Waals surface area contributed by atoms with Crippen LogP contribution in [0.2, 0.25) is 0 Å². The summed E-state index contributed by atoms with van der Waals surface area (Å²) < 4.78 is 15.8. The molecule has 1 atom stereocenters. The molecule has 3 N–H and O–H groups in total. The first-order valence-corrected chi connectivity index (χ1v) is 8.09. The first kappa shape index (κ1) is 17.7. The Balaban J connectivity index is 1.57. The number of hydrogen-bond donors (Lipinski definition) is 3. The Morgan fingerprint density at radius 1 is 1.35 bits per heavy atom. The minimum absolute atomic E-state index is 0.0919. The average Bonchev–Trinajstić information content (AvgIpc) is 3.22. The van der Waals surface area contributed by atoms with E-state index in [0.29, 0.717) is 42.4 Å². The van der Waals surface area contributed by atoms with E-state index in [1.165, 1.54) is 0 Å². The standard InChI is InChI=1S/C16H21N7O3/c1-10-6-12(26-23-10)8-18-16-17-5-4-13(20-16)19-14-7-15(22-21-14)25-11(2)9-24-3/h4-7,11H,8-9H2,1-3H3,(H3,17,18,19,20,21,22). The summed E-state index contributed by atoms with van der Waals surface area (Å²) in [6.45, 7) is 4.71. The van der Waals surface area contributed by atoms with Crippen LogP contribution in [0.4, 0.5) is 17.6 Å². The van der Waals surface area contributed by atoms with Crippen molar-refractivity contribution in [2.45, 2.75) is 26.5 Å². The second-order valence-electron chi connectivity index (χ2n) is 5.68. The van der Waals surface area contributed by atoms with Gasteiger partial charge in [-0.25, -0.2) is 4.98 Å². The maximum atomic E-state index is 5.62. The van der Waals surface area contributed by atoms with Crippen LogP contribution >= 0.6 is 0 Å². The molecule has 3 rings (SSSR count). The molecule has 0 spiro atoms. The van der Waals surface area contributed by atoms with E-state index in [4.69, 9.17) is 14.0 Å². The fourth-order valence-corrected chi connectivity index (χ4v) is 2.22. The van der Waals surface area contributed by atoms with E-state index in [2.05, 4.69) is 36.0 Å². The number of nitrogens with zero attached hydrogens (tertiary/aromatic N) is 4. The van der Waals surface area contributed by atoms with Crippen LogP contribution in [-0.2, 0) is 11.3 Å². The van der Waals surface area contributed by atoms with Crippen LogP contribution in [0, 0.1) is 6.92 Å². The zero-order chi connectivity index (χ0) is 18.4. The zero-order valence-electron chi connectivity index (χ0n) is 14.8. The molecule has 26 heavy (non-hydrogen) atoms. The number of aryl methyl sites for hydroxylation is 1. The SMILES string of the molecule is COCC(C)Oc1cc(Nc2ccnc(NCc3cc(C)no3)n2)[nH]n1. The molecule has 0 radical (unpaired) electrons. The smallest absolute Gasteiger partial charge is 0.235 e. The van der Waals surface area contributed by atoms with Crippen LogP contribution in [0.25, 0.3) is 0 Å². The van der Waals surface area contributed by atoms with E-state index in [1.807, 2.05) is 19.9 Å². The van der Waals surface area contributed by atoms with Crippen molar-refractivity contribution in [1.82, 2.24) is 25.3 Å². The summed E-state index contributed by atoms with van der Waals surface area (Å²) in [5.74, 6) is 2.92. The van der Waals surface area contributed by atoms with Crippen molar-refractivity contribution in [1.29, 1.82) is 0 Å². The number of rotatable bonds is 9. The molecule has 0 bridgehead atoms. The highest BCUT2D eigenvalue weighted by Crippen LogP contribution is 2.18. The van der Waals surface area contributed by atoms with E-state index in [0.717, 1.165) is 5.69 Å². The lowest BCUT2D eigenvalue weighted by Gasteiger charge is -2.10. The predicted molar refractivity (Wildman–Crippen MR) is 94.4 cm³/mol. The molecular weight excluding hydrogens is 338 g/mol. The average molecular weight is 359 g/mol. The number of aromatic amines is 1. The van der Waals surface area contributed by atoms with Gasteiger partial charge in [0.25, 0.3) is 0 Å². The van der Waals surface area contributed by atoms with E-state index in [9.17, 15) is 0 Å². The van der Waals surface area contributed by atoms with Crippen molar-refractivity contribution in [3.63, 3.8) is 0 Å². The van der Waals surface area contributed by atoms with Gasteiger partial charge in [0, 0.05) is 25.4 Å². The summed E-state index contributed by atoms with van der Waals surface area (Å²) in [5, 5.41) is 17.0. The van der Waals surface area contributed by atoms with Crippen LogP contribution in [0.15, 0.2) is 28.9 Å². The number of methoxy groups -OCH3 is 1. The van der Waals surface area contributed by atoms with Gasteiger partial charge in [0.05, 0.1) is 18.8 Å². The number of hydrogen-bond acceptors (Lipinski definition) is 9. The monoisotopic (exact) mass is 359 g/mol. The maximum Gasteiger partial charge on any atom is 0.235 e. The summed E-state index contributed by atoms with van der Waals surface area (Å²) in [6.07, 6.45) is 1.56. The van der Waals surface area contributed by atoms with E-state index in [-0.39, 0.29) is 6.10 Å². The number of aromatic nitrogens is 5. The lowest BCUT2D eigenvalue weighted by molar-refractivity contribution is 0.0889. The molecule has 3 aromatic heterocycles. The molecule has 0 aliphatic heterocycles. The Bertz CT molecular complexity index is 833. The van der Waals surface area contributed by atoms with E-state index >= 15 is 0 Å². The number of anilines is 3. The predicted octanol–water partition coefficient (Wildman–Crippen LogP) is 2.27. The summed E-state index contributed by atoms with van der Waals surface area (Å²) >= 11 is 0. The van der Waals surface area contributed by atoms with Crippen LogP contribution in [0.1, 0.15) is 18.4 Å². The Morgan fingerprint density at radius 3 is 3.00 bits per heavy atom. The topological polar surface area (TPSA) is 123 Å². The van der Waals surface area contributed by atoms with Crippen LogP contribution < -0.4 is 15.4 Å². The molecule has 138 valence electrons. The summed E-state index contributed by atoms with van der Waals surface area (Å²) in [4.78, 5) is 8.56. The Morgan fingerprint density at radius 2 is 2.23 bits per heavy atom. The third-order valence-corrected chi connectivity index (χ3v) is 3.29. The summed E-state index contributed by atoms with van der Waals surface area (Å²) in [7, 11) is 1.63.